The third-order valence-corrected chi connectivity index (χ3v) is 3.09. The van der Waals surface area contributed by atoms with Gasteiger partial charge < -0.3 is 20.4 Å². The summed E-state index contributed by atoms with van der Waals surface area (Å²) in [6.45, 7) is 0.175. The van der Waals surface area contributed by atoms with Crippen LogP contribution in [0.2, 0.25) is 0 Å². The van der Waals surface area contributed by atoms with E-state index in [0.717, 1.165) is 12.1 Å². The maximum absolute atomic E-state index is 13.2. The third-order valence-electron chi connectivity index (χ3n) is 3.09. The van der Waals surface area contributed by atoms with Crippen molar-refractivity contribution in [1.82, 2.24) is 9.97 Å². The summed E-state index contributed by atoms with van der Waals surface area (Å²) in [6, 6.07) is 7.28. The Balaban J connectivity index is 1.81. The van der Waals surface area contributed by atoms with Gasteiger partial charge >= 0.3 is 5.69 Å². The van der Waals surface area contributed by atoms with Gasteiger partial charge in [-0.25, -0.2) is 13.6 Å². The number of halogens is 2. The van der Waals surface area contributed by atoms with Crippen LogP contribution in [-0.4, -0.2) is 15.1 Å². The van der Waals surface area contributed by atoms with Gasteiger partial charge in [0.15, 0.2) is 17.4 Å². The van der Waals surface area contributed by atoms with Crippen molar-refractivity contribution in [1.29, 1.82) is 0 Å². The molecule has 0 unspecified atom stereocenters. The fourth-order valence-corrected chi connectivity index (χ4v) is 2.07. The highest BCUT2D eigenvalue weighted by molar-refractivity contribution is 5.78. The van der Waals surface area contributed by atoms with Crippen LogP contribution in [-0.2, 0) is 6.54 Å². The van der Waals surface area contributed by atoms with Crippen molar-refractivity contribution < 1.29 is 13.9 Å². The Kier molecular flexibility index (Phi) is 3.09. The van der Waals surface area contributed by atoms with Crippen molar-refractivity contribution in [2.75, 3.05) is 5.32 Å². The third kappa shape index (κ3) is 2.58. The Hall–Kier alpha value is -2.83. The zero-order valence-electron chi connectivity index (χ0n) is 10.7. The second-order valence-electron chi connectivity index (χ2n) is 4.60. The molecule has 2 aromatic carbocycles. The van der Waals surface area contributed by atoms with Gasteiger partial charge in [0.1, 0.15) is 0 Å². The molecular weight excluding hydrogens is 280 g/mol. The Morgan fingerprint density at radius 2 is 1.71 bits per heavy atom. The number of nitrogens with one attached hydrogen (secondary N) is 3. The highest BCUT2D eigenvalue weighted by Gasteiger charge is 2.09. The summed E-state index contributed by atoms with van der Waals surface area (Å²) in [7, 11) is 0. The van der Waals surface area contributed by atoms with Crippen LogP contribution in [0.1, 0.15) is 5.56 Å². The van der Waals surface area contributed by atoms with E-state index in [1.165, 1.54) is 0 Å². The lowest BCUT2D eigenvalue weighted by atomic mass is 10.2. The van der Waals surface area contributed by atoms with E-state index in [0.29, 0.717) is 22.3 Å². The smallest absolute Gasteiger partial charge is 0.323 e. The molecule has 0 saturated carbocycles. The second kappa shape index (κ2) is 4.93. The monoisotopic (exact) mass is 291 g/mol. The van der Waals surface area contributed by atoms with Gasteiger partial charge in [0.2, 0.25) is 0 Å². The molecule has 0 aliphatic rings. The number of phenolic OH excluding ortho intramolecular Hbond substituents is 1. The molecule has 1 aromatic heterocycles. The second-order valence-corrected chi connectivity index (χ2v) is 4.60. The molecular formula is C14H11F2N3O2. The van der Waals surface area contributed by atoms with E-state index in [9.17, 15) is 13.6 Å². The Labute approximate surface area is 117 Å². The standard InChI is InChI=1S/C14H11F2N3O2/c15-9-3-7(4-10(16)13(9)20)6-17-8-1-2-11-12(5-8)19-14(21)18-11/h1-5,17,20H,6H2,(H2,18,19,21). The molecule has 4 N–H and O–H groups in total. The topological polar surface area (TPSA) is 80.9 Å². The summed E-state index contributed by atoms with van der Waals surface area (Å²) in [5.74, 6) is -2.99. The molecule has 108 valence electrons. The number of aromatic hydroxyl groups is 1. The van der Waals surface area contributed by atoms with Crippen LogP contribution < -0.4 is 11.0 Å². The number of anilines is 1. The van der Waals surface area contributed by atoms with Gasteiger partial charge in [-0.05, 0) is 35.9 Å². The number of hydrogen-bond acceptors (Lipinski definition) is 3. The number of fused-ring (bicyclic) bond motifs is 1. The minimum atomic E-state index is -1.00. The van der Waals surface area contributed by atoms with Gasteiger partial charge in [0, 0.05) is 12.2 Å². The summed E-state index contributed by atoms with van der Waals surface area (Å²) in [5, 5.41) is 12.0. The van der Waals surface area contributed by atoms with Gasteiger partial charge in [-0.1, -0.05) is 0 Å². The molecule has 0 bridgehead atoms. The van der Waals surface area contributed by atoms with Crippen LogP contribution in [0.4, 0.5) is 14.5 Å². The average molecular weight is 291 g/mol. The molecule has 1 heterocycles. The zero-order chi connectivity index (χ0) is 15.0. The maximum Gasteiger partial charge on any atom is 0.323 e. The van der Waals surface area contributed by atoms with Gasteiger partial charge in [-0.3, -0.25) is 0 Å². The summed E-state index contributed by atoms with van der Waals surface area (Å²) in [4.78, 5) is 16.4. The van der Waals surface area contributed by atoms with Crippen molar-refractivity contribution in [2.24, 2.45) is 0 Å². The first kappa shape index (κ1) is 13.2. The highest BCUT2D eigenvalue weighted by Crippen LogP contribution is 2.22. The summed E-state index contributed by atoms with van der Waals surface area (Å²) >= 11 is 0. The molecule has 0 fully saturated rings. The van der Waals surface area contributed by atoms with E-state index in [-0.39, 0.29) is 12.2 Å². The first-order valence-corrected chi connectivity index (χ1v) is 6.16. The van der Waals surface area contributed by atoms with Crippen LogP contribution in [0.5, 0.6) is 5.75 Å². The summed E-state index contributed by atoms with van der Waals surface area (Å²) in [5.41, 5.74) is 2.04. The molecule has 0 amide bonds. The molecule has 0 atom stereocenters. The Morgan fingerprint density at radius 3 is 2.43 bits per heavy atom. The SMILES string of the molecule is O=c1[nH]c2ccc(NCc3cc(F)c(O)c(F)c3)cc2[nH]1. The highest BCUT2D eigenvalue weighted by atomic mass is 19.1. The molecule has 0 radical (unpaired) electrons. The molecule has 0 aliphatic heterocycles. The summed E-state index contributed by atoms with van der Waals surface area (Å²) in [6.07, 6.45) is 0. The van der Waals surface area contributed by atoms with Crippen molar-refractivity contribution >= 4 is 16.7 Å². The maximum atomic E-state index is 13.2. The number of hydrogen-bond donors (Lipinski definition) is 4. The first-order chi connectivity index (χ1) is 10.0. The molecule has 7 heteroatoms. The molecule has 0 aliphatic carbocycles. The molecule has 21 heavy (non-hydrogen) atoms. The number of aromatic amines is 2. The molecule has 3 rings (SSSR count). The van der Waals surface area contributed by atoms with Crippen molar-refractivity contribution in [3.8, 4) is 5.75 Å². The minimum absolute atomic E-state index is 0.175. The zero-order valence-corrected chi connectivity index (χ0v) is 10.7. The van der Waals surface area contributed by atoms with E-state index < -0.39 is 17.4 Å². The lowest BCUT2D eigenvalue weighted by Crippen LogP contribution is -2.01. The van der Waals surface area contributed by atoms with Crippen LogP contribution in [0, 0.1) is 11.6 Å². The lowest BCUT2D eigenvalue weighted by Gasteiger charge is -2.08. The van der Waals surface area contributed by atoms with E-state index in [1.54, 1.807) is 18.2 Å². The van der Waals surface area contributed by atoms with Gasteiger partial charge in [0.05, 0.1) is 11.0 Å². The van der Waals surface area contributed by atoms with Crippen molar-refractivity contribution in [2.45, 2.75) is 6.54 Å². The van der Waals surface area contributed by atoms with Crippen LogP contribution in [0.3, 0.4) is 0 Å². The summed E-state index contributed by atoms with van der Waals surface area (Å²) < 4.78 is 26.4. The van der Waals surface area contributed by atoms with E-state index in [2.05, 4.69) is 15.3 Å². The molecule has 0 saturated heterocycles. The number of aromatic nitrogens is 2. The quantitative estimate of drug-likeness (QED) is 0.598. The molecule has 0 spiro atoms. The fourth-order valence-electron chi connectivity index (χ4n) is 2.07. The number of benzene rings is 2. The minimum Gasteiger partial charge on any atom is -0.503 e. The van der Waals surface area contributed by atoms with Gasteiger partial charge in [-0.2, -0.15) is 0 Å². The lowest BCUT2D eigenvalue weighted by molar-refractivity contribution is 0.395. The van der Waals surface area contributed by atoms with Crippen LogP contribution >= 0.6 is 0 Å². The predicted molar refractivity (Wildman–Crippen MR) is 74.3 cm³/mol. The van der Waals surface area contributed by atoms with Crippen molar-refractivity contribution in [3.05, 3.63) is 58.0 Å². The molecule has 5 nitrogen and oxygen atoms in total. The fraction of sp³-hybridized carbons (Fsp3) is 0.0714. The number of rotatable bonds is 3. The number of imidazole rings is 1. The van der Waals surface area contributed by atoms with Gasteiger partial charge in [0.25, 0.3) is 0 Å². The average Bonchev–Trinajstić information content (AvgIpc) is 2.81. The van der Waals surface area contributed by atoms with Gasteiger partial charge in [-0.15, -0.1) is 0 Å². The van der Waals surface area contributed by atoms with E-state index in [4.69, 9.17) is 5.11 Å². The van der Waals surface area contributed by atoms with Crippen molar-refractivity contribution in [3.63, 3.8) is 0 Å². The number of phenols is 1. The normalized spacial score (nSPS) is 11.0. The van der Waals surface area contributed by atoms with Crippen LogP contribution in [0.15, 0.2) is 35.1 Å². The number of H-pyrrole nitrogens is 2. The van der Waals surface area contributed by atoms with E-state index in [1.807, 2.05) is 0 Å². The Morgan fingerprint density at radius 1 is 1.05 bits per heavy atom. The first-order valence-electron chi connectivity index (χ1n) is 6.16. The largest absolute Gasteiger partial charge is 0.503 e. The predicted octanol–water partition coefficient (Wildman–Crippen LogP) is 2.45. The Bertz CT molecular complexity index is 847. The molecule has 3 aromatic rings. The van der Waals surface area contributed by atoms with E-state index >= 15 is 0 Å². The van der Waals surface area contributed by atoms with Crippen LogP contribution in [0.25, 0.3) is 11.0 Å².